The summed E-state index contributed by atoms with van der Waals surface area (Å²) in [5, 5.41) is 0. The van der Waals surface area contributed by atoms with Gasteiger partial charge in [-0.05, 0) is 12.1 Å². The summed E-state index contributed by atoms with van der Waals surface area (Å²) in [6.07, 6.45) is 1.73. The second kappa shape index (κ2) is 6.82. The molecular formula is C17H20N4O4S. The van der Waals surface area contributed by atoms with Crippen molar-refractivity contribution in [2.75, 3.05) is 38.3 Å². The number of anilines is 1. The van der Waals surface area contributed by atoms with Gasteiger partial charge < -0.3 is 14.4 Å². The Labute approximate surface area is 152 Å². The molecule has 0 unspecified atom stereocenters. The van der Waals surface area contributed by atoms with E-state index in [0.29, 0.717) is 24.9 Å². The molecule has 0 bridgehead atoms. The van der Waals surface area contributed by atoms with Crippen molar-refractivity contribution in [1.29, 1.82) is 0 Å². The molecule has 9 heteroatoms. The summed E-state index contributed by atoms with van der Waals surface area (Å²) in [6.45, 7) is 3.30. The lowest BCUT2D eigenvalue weighted by atomic mass is 10.3. The summed E-state index contributed by atoms with van der Waals surface area (Å²) in [5.74, 6) is 1.14. The van der Waals surface area contributed by atoms with Crippen LogP contribution in [-0.4, -0.2) is 56.1 Å². The summed E-state index contributed by atoms with van der Waals surface area (Å²) in [6, 6.07) is 6.50. The molecule has 8 nitrogen and oxygen atoms in total. The van der Waals surface area contributed by atoms with E-state index in [9.17, 15) is 8.42 Å². The van der Waals surface area contributed by atoms with Crippen molar-refractivity contribution in [1.82, 2.24) is 14.3 Å². The Balaban J connectivity index is 1.57. The summed E-state index contributed by atoms with van der Waals surface area (Å²) >= 11 is 0. The number of hydrogen-bond donors (Lipinski definition) is 0. The van der Waals surface area contributed by atoms with Crippen LogP contribution in [0, 0.1) is 0 Å². The van der Waals surface area contributed by atoms with Gasteiger partial charge in [0, 0.05) is 37.5 Å². The lowest BCUT2D eigenvalue weighted by Crippen LogP contribution is -2.37. The number of rotatable bonds is 4. The lowest BCUT2D eigenvalue weighted by Gasteiger charge is -2.26. The van der Waals surface area contributed by atoms with Crippen molar-refractivity contribution < 1.29 is 17.9 Å². The molecule has 1 fully saturated rings. The normalized spacial score (nSPS) is 18.0. The van der Waals surface area contributed by atoms with Gasteiger partial charge in [0.2, 0.25) is 16.0 Å². The molecule has 26 heavy (non-hydrogen) atoms. The third kappa shape index (κ3) is 3.13. The van der Waals surface area contributed by atoms with Crippen molar-refractivity contribution in [3.63, 3.8) is 0 Å². The summed E-state index contributed by atoms with van der Waals surface area (Å²) < 4.78 is 37.8. The van der Waals surface area contributed by atoms with Crippen LogP contribution < -0.4 is 9.64 Å². The molecule has 3 heterocycles. The first-order valence-electron chi connectivity index (χ1n) is 8.39. The molecule has 2 aliphatic heterocycles. The number of morpholine rings is 1. The van der Waals surface area contributed by atoms with Gasteiger partial charge in [-0.2, -0.15) is 4.31 Å². The highest BCUT2D eigenvalue weighted by atomic mass is 32.2. The largest absolute Gasteiger partial charge is 0.497 e. The molecule has 4 rings (SSSR count). The molecule has 0 atom stereocenters. The Morgan fingerprint density at radius 2 is 2.00 bits per heavy atom. The van der Waals surface area contributed by atoms with E-state index in [1.165, 1.54) is 17.5 Å². The molecule has 1 aromatic heterocycles. The van der Waals surface area contributed by atoms with Gasteiger partial charge in [0.15, 0.2) is 0 Å². The van der Waals surface area contributed by atoms with Crippen molar-refractivity contribution in [3.8, 4) is 5.75 Å². The average molecular weight is 376 g/mol. The van der Waals surface area contributed by atoms with Gasteiger partial charge in [0.25, 0.3) is 0 Å². The van der Waals surface area contributed by atoms with E-state index in [1.54, 1.807) is 24.4 Å². The third-order valence-electron chi connectivity index (χ3n) is 4.59. The highest BCUT2D eigenvalue weighted by Crippen LogP contribution is 2.29. The van der Waals surface area contributed by atoms with Crippen LogP contribution in [0.1, 0.15) is 11.3 Å². The van der Waals surface area contributed by atoms with E-state index in [4.69, 9.17) is 9.47 Å². The molecular weight excluding hydrogens is 356 g/mol. The molecule has 0 N–H and O–H groups in total. The number of ether oxygens (including phenoxy) is 2. The van der Waals surface area contributed by atoms with Crippen LogP contribution in [0.3, 0.4) is 0 Å². The van der Waals surface area contributed by atoms with E-state index >= 15 is 0 Å². The van der Waals surface area contributed by atoms with Crippen molar-refractivity contribution in [2.45, 2.75) is 18.0 Å². The maximum atomic E-state index is 13.0. The van der Waals surface area contributed by atoms with Gasteiger partial charge in [0.05, 0.1) is 37.5 Å². The first-order chi connectivity index (χ1) is 12.6. The van der Waals surface area contributed by atoms with Gasteiger partial charge in [-0.15, -0.1) is 0 Å². The second-order valence-electron chi connectivity index (χ2n) is 6.19. The first kappa shape index (κ1) is 17.2. The molecule has 0 spiro atoms. The number of fused-ring (bicyclic) bond motifs is 1. The van der Waals surface area contributed by atoms with E-state index in [-0.39, 0.29) is 18.0 Å². The topological polar surface area (TPSA) is 84.9 Å². The predicted octanol–water partition coefficient (Wildman–Crippen LogP) is 1.03. The fourth-order valence-corrected chi connectivity index (χ4v) is 4.52. The average Bonchev–Trinajstić information content (AvgIpc) is 3.13. The molecule has 0 amide bonds. The van der Waals surface area contributed by atoms with Gasteiger partial charge in [-0.25, -0.2) is 18.4 Å². The molecule has 1 aromatic carbocycles. The standard InChI is InChI=1S/C17H20N4O4S/c1-24-14-3-2-4-15(9-14)26(22,23)21-11-13-10-18-17(19-16(13)12-21)20-5-7-25-8-6-20/h2-4,9-10H,5-8,11-12H2,1H3. The summed E-state index contributed by atoms with van der Waals surface area (Å²) in [5.41, 5.74) is 1.60. The second-order valence-corrected chi connectivity index (χ2v) is 8.13. The number of sulfonamides is 1. The third-order valence-corrected chi connectivity index (χ3v) is 6.37. The molecule has 2 aliphatic rings. The fourth-order valence-electron chi connectivity index (χ4n) is 3.11. The smallest absolute Gasteiger partial charge is 0.243 e. The van der Waals surface area contributed by atoms with Gasteiger partial charge >= 0.3 is 0 Å². The van der Waals surface area contributed by atoms with Gasteiger partial charge in [-0.3, -0.25) is 0 Å². The van der Waals surface area contributed by atoms with Crippen LogP contribution in [0.15, 0.2) is 35.4 Å². The number of aromatic nitrogens is 2. The quantitative estimate of drug-likeness (QED) is 0.788. The van der Waals surface area contributed by atoms with Crippen LogP contribution >= 0.6 is 0 Å². The van der Waals surface area contributed by atoms with Gasteiger partial charge in [-0.1, -0.05) is 6.07 Å². The van der Waals surface area contributed by atoms with Crippen LogP contribution in [-0.2, 0) is 27.8 Å². The van der Waals surface area contributed by atoms with Crippen molar-refractivity contribution >= 4 is 16.0 Å². The zero-order valence-corrected chi connectivity index (χ0v) is 15.3. The number of nitrogens with zero attached hydrogens (tertiary/aromatic N) is 4. The molecule has 138 valence electrons. The Kier molecular flexibility index (Phi) is 4.51. The van der Waals surface area contributed by atoms with Crippen LogP contribution in [0.4, 0.5) is 5.95 Å². The van der Waals surface area contributed by atoms with Crippen molar-refractivity contribution in [2.24, 2.45) is 0 Å². The minimum absolute atomic E-state index is 0.214. The summed E-state index contributed by atoms with van der Waals surface area (Å²) in [7, 11) is -2.11. The maximum Gasteiger partial charge on any atom is 0.243 e. The monoisotopic (exact) mass is 376 g/mol. The van der Waals surface area contributed by atoms with Crippen LogP contribution in [0.25, 0.3) is 0 Å². The van der Waals surface area contributed by atoms with E-state index < -0.39 is 10.0 Å². The lowest BCUT2D eigenvalue weighted by molar-refractivity contribution is 0.122. The molecule has 0 saturated carbocycles. The number of hydrogen-bond acceptors (Lipinski definition) is 7. The molecule has 0 aliphatic carbocycles. The highest BCUT2D eigenvalue weighted by Gasteiger charge is 2.32. The maximum absolute atomic E-state index is 13.0. The molecule has 0 radical (unpaired) electrons. The minimum Gasteiger partial charge on any atom is -0.497 e. The Bertz CT molecular complexity index is 913. The van der Waals surface area contributed by atoms with Crippen molar-refractivity contribution in [3.05, 3.63) is 41.7 Å². The van der Waals surface area contributed by atoms with Crippen LogP contribution in [0.5, 0.6) is 5.75 Å². The fraction of sp³-hybridized carbons (Fsp3) is 0.412. The zero-order chi connectivity index (χ0) is 18.1. The van der Waals surface area contributed by atoms with Gasteiger partial charge in [0.1, 0.15) is 5.75 Å². The van der Waals surface area contributed by atoms with Crippen LogP contribution in [0.2, 0.25) is 0 Å². The predicted molar refractivity (Wildman–Crippen MR) is 94.5 cm³/mol. The Hall–Kier alpha value is -2.23. The first-order valence-corrected chi connectivity index (χ1v) is 9.83. The van der Waals surface area contributed by atoms with E-state index in [0.717, 1.165) is 24.3 Å². The number of methoxy groups -OCH3 is 1. The minimum atomic E-state index is -3.62. The molecule has 1 saturated heterocycles. The van der Waals surface area contributed by atoms with E-state index in [2.05, 4.69) is 14.9 Å². The Morgan fingerprint density at radius 1 is 1.19 bits per heavy atom. The summed E-state index contributed by atoms with van der Waals surface area (Å²) in [4.78, 5) is 11.3. The number of benzene rings is 1. The zero-order valence-electron chi connectivity index (χ0n) is 14.5. The Morgan fingerprint density at radius 3 is 2.77 bits per heavy atom. The highest BCUT2D eigenvalue weighted by molar-refractivity contribution is 7.89. The van der Waals surface area contributed by atoms with E-state index in [1.807, 2.05) is 0 Å². The molecule has 2 aromatic rings. The SMILES string of the molecule is COc1cccc(S(=O)(=O)N2Cc3cnc(N4CCOCC4)nc3C2)c1.